The Balaban J connectivity index is 2.07. The van der Waals surface area contributed by atoms with E-state index in [1.165, 1.54) is 5.56 Å². The summed E-state index contributed by atoms with van der Waals surface area (Å²) in [4.78, 5) is 0. The lowest BCUT2D eigenvalue weighted by Gasteiger charge is -1.99. The van der Waals surface area contributed by atoms with E-state index in [9.17, 15) is 5.11 Å². The van der Waals surface area contributed by atoms with Crippen molar-refractivity contribution in [2.75, 3.05) is 0 Å². The summed E-state index contributed by atoms with van der Waals surface area (Å²) < 4.78 is 7.38. The molecule has 0 atom stereocenters. The van der Waals surface area contributed by atoms with Gasteiger partial charge in [0.15, 0.2) is 6.54 Å². The number of hydrogen-bond donors (Lipinski definition) is 1. The van der Waals surface area contributed by atoms with Crippen LogP contribution in [-0.2, 0) is 6.54 Å². The summed E-state index contributed by atoms with van der Waals surface area (Å²) in [5.41, 5.74) is 2.82. The molecule has 3 nitrogen and oxygen atoms in total. The number of benzene rings is 2. The van der Waals surface area contributed by atoms with Crippen molar-refractivity contribution in [2.24, 2.45) is 0 Å². The van der Waals surface area contributed by atoms with E-state index in [-0.39, 0.29) is 5.95 Å². The van der Waals surface area contributed by atoms with Gasteiger partial charge in [-0.25, -0.2) is 0 Å². The molecule has 2 aromatic carbocycles. The maximum absolute atomic E-state index is 10.1. The fourth-order valence-electron chi connectivity index (χ4n) is 2.35. The van der Waals surface area contributed by atoms with Gasteiger partial charge < -0.3 is 9.52 Å². The zero-order chi connectivity index (χ0) is 13.9. The van der Waals surface area contributed by atoms with E-state index in [0.29, 0.717) is 18.1 Å². The van der Waals surface area contributed by atoms with Crippen molar-refractivity contribution in [1.82, 2.24) is 0 Å². The molecule has 0 saturated carbocycles. The monoisotopic (exact) mass is 266 g/mol. The van der Waals surface area contributed by atoms with Crippen LogP contribution < -0.4 is 4.57 Å². The molecule has 0 saturated heterocycles. The number of oxazole rings is 1. The van der Waals surface area contributed by atoms with Crippen LogP contribution in [0.5, 0.6) is 5.95 Å². The SMILES string of the molecule is Cc1oc(O)c(-c2ccccc2)[n+]1Cc1ccccc1. The van der Waals surface area contributed by atoms with Gasteiger partial charge >= 0.3 is 11.8 Å². The molecule has 20 heavy (non-hydrogen) atoms. The minimum Gasteiger partial charge on any atom is -0.476 e. The lowest BCUT2D eigenvalue weighted by Crippen LogP contribution is -2.37. The third kappa shape index (κ3) is 2.30. The van der Waals surface area contributed by atoms with Gasteiger partial charge in [0.05, 0.1) is 12.5 Å². The van der Waals surface area contributed by atoms with Crippen LogP contribution in [0.15, 0.2) is 65.1 Å². The van der Waals surface area contributed by atoms with Gasteiger partial charge in [0.2, 0.25) is 0 Å². The molecule has 0 bridgehead atoms. The van der Waals surface area contributed by atoms with E-state index in [0.717, 1.165) is 5.56 Å². The molecule has 1 heterocycles. The van der Waals surface area contributed by atoms with Crippen LogP contribution in [0.4, 0.5) is 0 Å². The molecule has 0 aliphatic heterocycles. The van der Waals surface area contributed by atoms with Crippen LogP contribution in [-0.4, -0.2) is 5.11 Å². The molecule has 0 fully saturated rings. The van der Waals surface area contributed by atoms with Gasteiger partial charge in [-0.05, 0) is 12.1 Å². The molecule has 0 spiro atoms. The Morgan fingerprint density at radius 2 is 1.55 bits per heavy atom. The number of aromatic nitrogens is 1. The second-order valence-corrected chi connectivity index (χ2v) is 4.71. The maximum Gasteiger partial charge on any atom is 0.362 e. The predicted molar refractivity (Wildman–Crippen MR) is 76.3 cm³/mol. The Morgan fingerprint density at radius 3 is 2.20 bits per heavy atom. The third-order valence-corrected chi connectivity index (χ3v) is 3.33. The normalized spacial score (nSPS) is 10.7. The van der Waals surface area contributed by atoms with Gasteiger partial charge in [-0.2, -0.15) is 4.57 Å². The first-order chi connectivity index (χ1) is 9.75. The molecular weight excluding hydrogens is 250 g/mol. The van der Waals surface area contributed by atoms with Crippen molar-refractivity contribution < 1.29 is 14.1 Å². The minimum atomic E-state index is -0.0374. The number of nitrogens with zero attached hydrogens (tertiary/aromatic N) is 1. The van der Waals surface area contributed by atoms with Crippen molar-refractivity contribution in [1.29, 1.82) is 0 Å². The summed E-state index contributed by atoms with van der Waals surface area (Å²) in [6.45, 7) is 2.52. The van der Waals surface area contributed by atoms with Crippen molar-refractivity contribution >= 4 is 0 Å². The van der Waals surface area contributed by atoms with Crippen LogP contribution in [0.2, 0.25) is 0 Å². The first-order valence-electron chi connectivity index (χ1n) is 6.57. The highest BCUT2D eigenvalue weighted by Crippen LogP contribution is 2.27. The average Bonchev–Trinajstić information content (AvgIpc) is 2.75. The first kappa shape index (κ1) is 12.5. The van der Waals surface area contributed by atoms with Crippen molar-refractivity contribution in [2.45, 2.75) is 13.5 Å². The van der Waals surface area contributed by atoms with E-state index in [2.05, 4.69) is 12.1 Å². The molecule has 3 rings (SSSR count). The second-order valence-electron chi connectivity index (χ2n) is 4.71. The largest absolute Gasteiger partial charge is 0.476 e. The topological polar surface area (TPSA) is 37.3 Å². The Kier molecular flexibility index (Phi) is 3.25. The number of aromatic hydroxyl groups is 1. The Morgan fingerprint density at radius 1 is 0.950 bits per heavy atom. The summed E-state index contributed by atoms with van der Waals surface area (Å²) in [7, 11) is 0. The molecule has 100 valence electrons. The highest BCUT2D eigenvalue weighted by molar-refractivity contribution is 5.60. The van der Waals surface area contributed by atoms with Crippen molar-refractivity contribution in [3.05, 3.63) is 72.1 Å². The molecule has 0 amide bonds. The average molecular weight is 266 g/mol. The standard InChI is InChI=1S/C17H15NO2/c1-13-18(12-14-8-4-2-5-9-14)16(17(19)20-13)15-10-6-3-7-11-15/h2-11H,12H2,1H3/p+1. The van der Waals surface area contributed by atoms with Gasteiger partial charge in [-0.3, -0.25) is 0 Å². The molecule has 1 aromatic heterocycles. The quantitative estimate of drug-likeness (QED) is 0.738. The highest BCUT2D eigenvalue weighted by atomic mass is 16.5. The molecule has 0 radical (unpaired) electrons. The van der Waals surface area contributed by atoms with E-state index in [1.54, 1.807) is 0 Å². The van der Waals surface area contributed by atoms with Crippen LogP contribution in [0.1, 0.15) is 11.5 Å². The fraction of sp³-hybridized carbons (Fsp3) is 0.118. The van der Waals surface area contributed by atoms with Gasteiger partial charge in [-0.15, -0.1) is 0 Å². The summed E-state index contributed by atoms with van der Waals surface area (Å²) in [6.07, 6.45) is 0. The number of aryl methyl sites for hydroxylation is 1. The zero-order valence-corrected chi connectivity index (χ0v) is 11.3. The Hall–Kier alpha value is -2.55. The van der Waals surface area contributed by atoms with Crippen LogP contribution in [0.25, 0.3) is 11.3 Å². The lowest BCUT2D eigenvalue weighted by atomic mass is 10.1. The predicted octanol–water partition coefficient (Wildman–Crippen LogP) is 3.30. The summed E-state index contributed by atoms with van der Waals surface area (Å²) in [6, 6.07) is 19.9. The van der Waals surface area contributed by atoms with E-state index in [4.69, 9.17) is 4.42 Å². The number of hydrogen-bond acceptors (Lipinski definition) is 2. The third-order valence-electron chi connectivity index (χ3n) is 3.33. The highest BCUT2D eigenvalue weighted by Gasteiger charge is 2.27. The van der Waals surface area contributed by atoms with E-state index in [1.807, 2.05) is 60.0 Å². The van der Waals surface area contributed by atoms with Crippen molar-refractivity contribution in [3.8, 4) is 17.2 Å². The molecule has 3 aromatic rings. The van der Waals surface area contributed by atoms with E-state index >= 15 is 0 Å². The smallest absolute Gasteiger partial charge is 0.362 e. The summed E-state index contributed by atoms with van der Waals surface area (Å²) in [5, 5.41) is 10.1. The van der Waals surface area contributed by atoms with Crippen LogP contribution >= 0.6 is 0 Å². The van der Waals surface area contributed by atoms with Crippen molar-refractivity contribution in [3.63, 3.8) is 0 Å². The number of rotatable bonds is 3. The second kappa shape index (κ2) is 5.21. The summed E-state index contributed by atoms with van der Waals surface area (Å²) in [5.74, 6) is 0.648. The van der Waals surface area contributed by atoms with E-state index < -0.39 is 0 Å². The van der Waals surface area contributed by atoms with Crippen LogP contribution in [0.3, 0.4) is 0 Å². The minimum absolute atomic E-state index is 0.0374. The zero-order valence-electron chi connectivity index (χ0n) is 11.3. The van der Waals surface area contributed by atoms with Gasteiger partial charge in [0.25, 0.3) is 5.69 Å². The van der Waals surface area contributed by atoms with Crippen LogP contribution in [0, 0.1) is 6.92 Å². The molecule has 1 N–H and O–H groups in total. The molecule has 0 unspecified atom stereocenters. The van der Waals surface area contributed by atoms with Gasteiger partial charge in [0, 0.05) is 5.56 Å². The Bertz CT molecular complexity index is 703. The Labute approximate surface area is 117 Å². The molecule has 0 aliphatic rings. The maximum atomic E-state index is 10.1. The first-order valence-corrected chi connectivity index (χ1v) is 6.57. The fourth-order valence-corrected chi connectivity index (χ4v) is 2.35. The molecule has 0 aliphatic carbocycles. The lowest BCUT2D eigenvalue weighted by molar-refractivity contribution is -0.687. The van der Waals surface area contributed by atoms with Gasteiger partial charge in [0.1, 0.15) is 0 Å². The summed E-state index contributed by atoms with van der Waals surface area (Å²) >= 11 is 0. The molecular formula is C17H16NO2+. The van der Waals surface area contributed by atoms with Gasteiger partial charge in [-0.1, -0.05) is 48.5 Å². The molecule has 3 heteroatoms.